The van der Waals surface area contributed by atoms with Crippen molar-refractivity contribution in [2.45, 2.75) is 25.7 Å². The van der Waals surface area contributed by atoms with Gasteiger partial charge in [0.05, 0.1) is 0 Å². The molecule has 0 saturated carbocycles. The van der Waals surface area contributed by atoms with Crippen LogP contribution < -0.4 is 0 Å². The molecule has 0 bridgehead atoms. The summed E-state index contributed by atoms with van der Waals surface area (Å²) in [5, 5.41) is 0.376. The number of amides is 1. The van der Waals surface area contributed by atoms with Crippen LogP contribution in [0.25, 0.3) is 0 Å². The number of hydrogen-bond acceptors (Lipinski definition) is 2. The van der Waals surface area contributed by atoms with Gasteiger partial charge in [-0.25, -0.2) is 4.98 Å². The molecule has 0 atom stereocenters. The smallest absolute Gasteiger partial charge is 0.254 e. The van der Waals surface area contributed by atoms with Crippen molar-refractivity contribution in [3.8, 4) is 0 Å². The quantitative estimate of drug-likeness (QED) is 0.705. The first kappa shape index (κ1) is 11.4. The van der Waals surface area contributed by atoms with Gasteiger partial charge in [0.1, 0.15) is 5.15 Å². The fraction of sp³-hybridized carbons (Fsp3) is 0.500. The Kier molecular flexibility index (Phi) is 3.78. The zero-order valence-corrected chi connectivity index (χ0v) is 9.91. The van der Waals surface area contributed by atoms with Gasteiger partial charge in [-0.3, -0.25) is 4.79 Å². The lowest BCUT2D eigenvalue weighted by molar-refractivity contribution is 0.0761. The van der Waals surface area contributed by atoms with Gasteiger partial charge in [-0.15, -0.1) is 0 Å². The molecule has 1 amide bonds. The zero-order valence-electron chi connectivity index (χ0n) is 9.16. The highest BCUT2D eigenvalue weighted by molar-refractivity contribution is 6.29. The minimum Gasteiger partial charge on any atom is -0.339 e. The molecule has 2 heterocycles. The number of nitrogens with zero attached hydrogens (tertiary/aromatic N) is 2. The standard InChI is InChI=1S/C12H15ClN2O/c13-11-9-10(5-6-14-11)12(16)15-7-3-1-2-4-8-15/h5-6,9H,1-4,7-8H2. The van der Waals surface area contributed by atoms with Crippen LogP contribution in [-0.2, 0) is 0 Å². The van der Waals surface area contributed by atoms with Crippen LogP contribution in [0, 0.1) is 0 Å². The molecule has 1 fully saturated rings. The molecule has 0 N–H and O–H groups in total. The van der Waals surface area contributed by atoms with E-state index in [9.17, 15) is 4.79 Å². The van der Waals surface area contributed by atoms with Crippen molar-refractivity contribution in [2.24, 2.45) is 0 Å². The van der Waals surface area contributed by atoms with Gasteiger partial charge in [0.25, 0.3) is 5.91 Å². The van der Waals surface area contributed by atoms with Crippen molar-refractivity contribution >= 4 is 17.5 Å². The summed E-state index contributed by atoms with van der Waals surface area (Å²) in [5.41, 5.74) is 0.641. The molecule has 0 aliphatic carbocycles. The lowest BCUT2D eigenvalue weighted by Gasteiger charge is -2.20. The molecule has 1 saturated heterocycles. The van der Waals surface area contributed by atoms with E-state index < -0.39 is 0 Å². The molecule has 0 spiro atoms. The lowest BCUT2D eigenvalue weighted by Crippen LogP contribution is -2.31. The van der Waals surface area contributed by atoms with Crippen molar-refractivity contribution < 1.29 is 4.79 Å². The van der Waals surface area contributed by atoms with Crippen LogP contribution in [0.2, 0.25) is 5.15 Å². The Bertz CT molecular complexity index is 373. The SMILES string of the molecule is O=C(c1ccnc(Cl)c1)N1CCCCCC1. The molecule has 0 unspecified atom stereocenters. The van der Waals surface area contributed by atoms with E-state index in [0.717, 1.165) is 25.9 Å². The Morgan fingerprint density at radius 2 is 1.94 bits per heavy atom. The van der Waals surface area contributed by atoms with Gasteiger partial charge in [0.15, 0.2) is 0 Å². The summed E-state index contributed by atoms with van der Waals surface area (Å²) in [7, 11) is 0. The van der Waals surface area contributed by atoms with Crippen molar-refractivity contribution in [2.75, 3.05) is 13.1 Å². The van der Waals surface area contributed by atoms with Crippen LogP contribution in [0.3, 0.4) is 0 Å². The number of pyridine rings is 1. The van der Waals surface area contributed by atoms with Crippen LogP contribution in [0.15, 0.2) is 18.3 Å². The molecule has 4 heteroatoms. The second-order valence-corrected chi connectivity index (χ2v) is 4.46. The van der Waals surface area contributed by atoms with Gasteiger partial charge in [-0.05, 0) is 25.0 Å². The summed E-state index contributed by atoms with van der Waals surface area (Å²) in [6.07, 6.45) is 6.23. The molecule has 1 aromatic rings. The number of hydrogen-bond donors (Lipinski definition) is 0. The fourth-order valence-corrected chi connectivity index (χ4v) is 2.17. The van der Waals surface area contributed by atoms with Crippen LogP contribution in [0.4, 0.5) is 0 Å². The number of carbonyl (C=O) groups is 1. The lowest BCUT2D eigenvalue weighted by atomic mass is 10.2. The van der Waals surface area contributed by atoms with Crippen LogP contribution in [0.1, 0.15) is 36.0 Å². The van der Waals surface area contributed by atoms with E-state index in [2.05, 4.69) is 4.98 Å². The number of carbonyl (C=O) groups excluding carboxylic acids is 1. The fourth-order valence-electron chi connectivity index (χ4n) is 1.99. The van der Waals surface area contributed by atoms with E-state index in [-0.39, 0.29) is 5.91 Å². The maximum absolute atomic E-state index is 12.1. The average molecular weight is 239 g/mol. The molecule has 2 rings (SSSR count). The summed E-state index contributed by atoms with van der Waals surface area (Å²) < 4.78 is 0. The minimum atomic E-state index is 0.0752. The summed E-state index contributed by atoms with van der Waals surface area (Å²) in [4.78, 5) is 17.9. The van der Waals surface area contributed by atoms with Crippen molar-refractivity contribution in [3.63, 3.8) is 0 Å². The molecule has 3 nitrogen and oxygen atoms in total. The minimum absolute atomic E-state index is 0.0752. The van der Waals surface area contributed by atoms with E-state index >= 15 is 0 Å². The maximum Gasteiger partial charge on any atom is 0.254 e. The van der Waals surface area contributed by atoms with E-state index in [4.69, 9.17) is 11.6 Å². The number of aromatic nitrogens is 1. The summed E-state index contributed by atoms with van der Waals surface area (Å²) in [6, 6.07) is 3.36. The van der Waals surface area contributed by atoms with Gasteiger partial charge in [-0.2, -0.15) is 0 Å². The second-order valence-electron chi connectivity index (χ2n) is 4.07. The topological polar surface area (TPSA) is 33.2 Å². The van der Waals surface area contributed by atoms with E-state index in [1.165, 1.54) is 12.8 Å². The Labute approximate surface area is 100 Å². The van der Waals surface area contributed by atoms with Crippen molar-refractivity contribution in [1.82, 2.24) is 9.88 Å². The van der Waals surface area contributed by atoms with E-state index in [1.54, 1.807) is 18.3 Å². The van der Waals surface area contributed by atoms with Gasteiger partial charge in [-0.1, -0.05) is 24.4 Å². The molecular weight excluding hydrogens is 224 g/mol. The third-order valence-electron chi connectivity index (χ3n) is 2.87. The predicted molar refractivity (Wildman–Crippen MR) is 63.6 cm³/mol. The van der Waals surface area contributed by atoms with Crippen LogP contribution in [0.5, 0.6) is 0 Å². The highest BCUT2D eigenvalue weighted by Crippen LogP contribution is 2.14. The van der Waals surface area contributed by atoms with Crippen LogP contribution in [-0.4, -0.2) is 28.9 Å². The van der Waals surface area contributed by atoms with Gasteiger partial charge in [0, 0.05) is 24.8 Å². The Hall–Kier alpha value is -1.09. The number of rotatable bonds is 1. The molecule has 86 valence electrons. The molecule has 0 radical (unpaired) electrons. The molecule has 1 aliphatic rings. The molecule has 16 heavy (non-hydrogen) atoms. The third-order valence-corrected chi connectivity index (χ3v) is 3.07. The predicted octanol–water partition coefficient (Wildman–Crippen LogP) is 2.75. The third kappa shape index (κ3) is 2.73. The molecule has 0 aromatic carbocycles. The first-order chi connectivity index (χ1) is 7.77. The highest BCUT2D eigenvalue weighted by Gasteiger charge is 2.17. The number of likely N-dealkylation sites (tertiary alicyclic amines) is 1. The Balaban J connectivity index is 2.11. The Morgan fingerprint density at radius 3 is 2.56 bits per heavy atom. The maximum atomic E-state index is 12.1. The van der Waals surface area contributed by atoms with Gasteiger partial charge < -0.3 is 4.90 Å². The van der Waals surface area contributed by atoms with Crippen molar-refractivity contribution in [3.05, 3.63) is 29.0 Å². The average Bonchev–Trinajstić information content (AvgIpc) is 2.56. The largest absolute Gasteiger partial charge is 0.339 e. The van der Waals surface area contributed by atoms with Crippen LogP contribution >= 0.6 is 11.6 Å². The van der Waals surface area contributed by atoms with Gasteiger partial charge >= 0.3 is 0 Å². The molecular formula is C12H15ClN2O. The first-order valence-corrected chi connectivity index (χ1v) is 6.06. The zero-order chi connectivity index (χ0) is 11.4. The van der Waals surface area contributed by atoms with Gasteiger partial charge in [0.2, 0.25) is 0 Å². The normalized spacial score (nSPS) is 16.9. The summed E-state index contributed by atoms with van der Waals surface area (Å²) in [6.45, 7) is 1.72. The first-order valence-electron chi connectivity index (χ1n) is 5.68. The molecule has 1 aliphatic heterocycles. The Morgan fingerprint density at radius 1 is 1.25 bits per heavy atom. The van der Waals surface area contributed by atoms with E-state index in [1.807, 2.05) is 4.90 Å². The number of halogens is 1. The summed E-state index contributed by atoms with van der Waals surface area (Å²) in [5.74, 6) is 0.0752. The highest BCUT2D eigenvalue weighted by atomic mass is 35.5. The van der Waals surface area contributed by atoms with E-state index in [0.29, 0.717) is 10.7 Å². The van der Waals surface area contributed by atoms with Crippen molar-refractivity contribution in [1.29, 1.82) is 0 Å². The monoisotopic (exact) mass is 238 g/mol. The molecule has 1 aromatic heterocycles. The summed E-state index contributed by atoms with van der Waals surface area (Å²) >= 11 is 5.78. The second kappa shape index (κ2) is 5.30.